The molecule has 2 aliphatic heterocycles. The molecule has 3 aliphatic rings. The van der Waals surface area contributed by atoms with E-state index in [2.05, 4.69) is 65.4 Å². The van der Waals surface area contributed by atoms with E-state index in [1.54, 1.807) is 22.0 Å². The van der Waals surface area contributed by atoms with E-state index in [-0.39, 0.29) is 35.6 Å². The largest absolute Gasteiger partial charge is 0.325 e. The van der Waals surface area contributed by atoms with Gasteiger partial charge >= 0.3 is 0 Å². The summed E-state index contributed by atoms with van der Waals surface area (Å²) in [5, 5.41) is 8.37. The topological polar surface area (TPSA) is 126 Å². The molecule has 1 aromatic carbocycles. The first-order valence-corrected chi connectivity index (χ1v) is 17.3. The fourth-order valence-electron chi connectivity index (χ4n) is 7.46. The quantitative estimate of drug-likeness (QED) is 0.170. The summed E-state index contributed by atoms with van der Waals surface area (Å²) in [6.45, 7) is 5.01. The molecule has 0 unspecified atom stereocenters. The molecule has 3 aromatic heterocycles. The molecule has 1 saturated carbocycles. The molecule has 12 heteroatoms. The van der Waals surface area contributed by atoms with Crippen LogP contribution in [0.3, 0.4) is 0 Å². The molecule has 4 aromatic rings. The number of pyridine rings is 1. The molecule has 3 atom stereocenters. The maximum absolute atomic E-state index is 14.3. The van der Waals surface area contributed by atoms with Crippen LogP contribution in [-0.4, -0.2) is 84.4 Å². The van der Waals surface area contributed by atoms with E-state index < -0.39 is 6.04 Å². The van der Waals surface area contributed by atoms with Crippen LogP contribution in [0.1, 0.15) is 60.9 Å². The van der Waals surface area contributed by atoms with Gasteiger partial charge in [0.2, 0.25) is 11.8 Å². The highest BCUT2D eigenvalue weighted by atomic mass is 79.9. The second-order valence-electron chi connectivity index (χ2n) is 13.5. The van der Waals surface area contributed by atoms with Gasteiger partial charge in [0.1, 0.15) is 34.5 Å². The second kappa shape index (κ2) is 13.0. The van der Waals surface area contributed by atoms with Crippen molar-refractivity contribution in [2.45, 2.75) is 71.0 Å². The number of likely N-dealkylation sites (tertiary alicyclic amines) is 1. The number of ketones is 1. The Morgan fingerprint density at radius 2 is 1.88 bits per heavy atom. The van der Waals surface area contributed by atoms with Crippen molar-refractivity contribution in [3.05, 3.63) is 76.6 Å². The van der Waals surface area contributed by atoms with Crippen molar-refractivity contribution in [1.29, 1.82) is 0 Å². The minimum Gasteiger partial charge on any atom is -0.325 e. The maximum Gasteiger partial charge on any atom is 0.248 e. The van der Waals surface area contributed by atoms with Crippen LogP contribution < -0.4 is 5.32 Å². The number of aromatic nitrogens is 5. The summed E-state index contributed by atoms with van der Waals surface area (Å²) in [5.41, 5.74) is 3.42. The SMILES string of the molecule is CC(=O)c1nn(CC(=O)N2[C@H]3C[C@]4(C[C@@H]24)CN(C)CCCC/C=C/Cc2ccc(Br)nc2NC3=O)c2ccc(-c3cnc(C)nc3)cc12. The number of hydrogen-bond acceptors (Lipinski definition) is 8. The fraction of sp³-hybridized carbons (Fsp3) is 0.417. The van der Waals surface area contributed by atoms with Gasteiger partial charge in [-0.15, -0.1) is 0 Å². The summed E-state index contributed by atoms with van der Waals surface area (Å²) < 4.78 is 2.23. The zero-order valence-corrected chi connectivity index (χ0v) is 29.0. The van der Waals surface area contributed by atoms with Crippen LogP contribution >= 0.6 is 15.9 Å². The lowest BCUT2D eigenvalue weighted by Crippen LogP contribution is -2.47. The van der Waals surface area contributed by atoms with E-state index in [1.807, 2.05) is 37.3 Å². The van der Waals surface area contributed by atoms with Gasteiger partial charge in [-0.1, -0.05) is 24.3 Å². The maximum atomic E-state index is 14.3. The Labute approximate surface area is 288 Å². The van der Waals surface area contributed by atoms with E-state index >= 15 is 0 Å². The van der Waals surface area contributed by atoms with E-state index in [9.17, 15) is 14.4 Å². The number of aryl methyl sites for hydroxylation is 1. The molecule has 2 fully saturated rings. The zero-order valence-electron chi connectivity index (χ0n) is 27.4. The molecule has 1 spiro atoms. The second-order valence-corrected chi connectivity index (χ2v) is 14.3. The summed E-state index contributed by atoms with van der Waals surface area (Å²) in [7, 11) is 2.14. The molecule has 2 amide bonds. The highest BCUT2D eigenvalue weighted by Gasteiger charge is 2.67. The van der Waals surface area contributed by atoms with Crippen molar-refractivity contribution in [3.8, 4) is 11.1 Å². The number of carbonyl (C=O) groups excluding carboxylic acids is 3. The number of hydrogen-bond donors (Lipinski definition) is 1. The molecular formula is C36H39BrN8O3. The average Bonchev–Trinajstić information content (AvgIpc) is 3.45. The standard InChI is InChI=1S/C36H39BrN8O3/c1-22(46)33-27-15-25(26-18-38-23(2)39-19-26)10-12-28(27)44(42-33)20-32(47)45-29-16-36(17-30(36)45)21-43(3)14-8-6-4-5-7-9-24-11-13-31(37)40-34(24)41-35(29)48/h5,7,10-13,15,18-19,29-30H,4,6,8-9,14,16-17,20-21H2,1-3H3,(H,40,41,48)/b7-5+/t29-,30+,36-/m0/s1. The summed E-state index contributed by atoms with van der Waals surface area (Å²) in [6.07, 6.45) is 13.1. The third-order valence-corrected chi connectivity index (χ3v) is 10.4. The molecule has 1 N–H and O–H groups in total. The summed E-state index contributed by atoms with van der Waals surface area (Å²) >= 11 is 3.46. The molecule has 248 valence electrons. The molecule has 2 bridgehead atoms. The summed E-state index contributed by atoms with van der Waals surface area (Å²) in [4.78, 5) is 58.5. The Kier molecular flexibility index (Phi) is 8.71. The van der Waals surface area contributed by atoms with E-state index in [0.29, 0.717) is 45.7 Å². The lowest BCUT2D eigenvalue weighted by molar-refractivity contribution is -0.138. The highest BCUT2D eigenvalue weighted by Crippen LogP contribution is 2.60. The van der Waals surface area contributed by atoms with Crippen molar-refractivity contribution in [2.75, 3.05) is 25.5 Å². The van der Waals surface area contributed by atoms with Gasteiger partial charge in [-0.25, -0.2) is 15.0 Å². The third kappa shape index (κ3) is 6.30. The zero-order chi connectivity index (χ0) is 33.6. The molecule has 0 radical (unpaired) electrons. The number of halogens is 1. The number of carbonyl (C=O) groups is 3. The van der Waals surface area contributed by atoms with Gasteiger partial charge in [-0.2, -0.15) is 5.10 Å². The van der Waals surface area contributed by atoms with Crippen molar-refractivity contribution >= 4 is 50.2 Å². The van der Waals surface area contributed by atoms with Gasteiger partial charge in [0.05, 0.1) is 5.52 Å². The Hall–Kier alpha value is -4.29. The van der Waals surface area contributed by atoms with Crippen LogP contribution in [0, 0.1) is 12.3 Å². The molecule has 48 heavy (non-hydrogen) atoms. The third-order valence-electron chi connectivity index (χ3n) is 9.93. The first kappa shape index (κ1) is 32.3. The monoisotopic (exact) mass is 710 g/mol. The number of Topliss-reactive ketones (excluding diaryl/α,β-unsaturated/α-hetero) is 1. The number of anilines is 1. The van der Waals surface area contributed by atoms with Crippen molar-refractivity contribution in [3.63, 3.8) is 0 Å². The van der Waals surface area contributed by atoms with Gasteiger partial charge in [0, 0.05) is 48.3 Å². The average molecular weight is 712 g/mol. The van der Waals surface area contributed by atoms with Crippen LogP contribution in [-0.2, 0) is 22.6 Å². The minimum absolute atomic E-state index is 0.0438. The summed E-state index contributed by atoms with van der Waals surface area (Å²) in [5.74, 6) is 0.554. The van der Waals surface area contributed by atoms with Crippen molar-refractivity contribution in [1.82, 2.24) is 34.5 Å². The van der Waals surface area contributed by atoms with Crippen LogP contribution in [0.25, 0.3) is 22.0 Å². The van der Waals surface area contributed by atoms with Crippen LogP contribution in [0.5, 0.6) is 0 Å². The Bertz CT molecular complexity index is 1940. The van der Waals surface area contributed by atoms with Crippen molar-refractivity contribution < 1.29 is 14.4 Å². The number of benzene rings is 1. The Balaban J connectivity index is 1.20. The van der Waals surface area contributed by atoms with Crippen LogP contribution in [0.4, 0.5) is 5.82 Å². The number of rotatable bonds is 4. The lowest BCUT2D eigenvalue weighted by atomic mass is 9.98. The van der Waals surface area contributed by atoms with Gasteiger partial charge in [0.25, 0.3) is 0 Å². The first-order chi connectivity index (χ1) is 23.1. The van der Waals surface area contributed by atoms with Crippen LogP contribution in [0.15, 0.2) is 59.5 Å². The highest BCUT2D eigenvalue weighted by molar-refractivity contribution is 9.10. The Morgan fingerprint density at radius 1 is 1.06 bits per heavy atom. The smallest absolute Gasteiger partial charge is 0.248 e. The molecule has 1 aliphatic carbocycles. The van der Waals surface area contributed by atoms with Gasteiger partial charge in [0.15, 0.2) is 5.78 Å². The Morgan fingerprint density at radius 3 is 2.67 bits per heavy atom. The van der Waals surface area contributed by atoms with Gasteiger partial charge in [-0.3, -0.25) is 19.1 Å². The first-order valence-electron chi connectivity index (χ1n) is 16.5. The van der Waals surface area contributed by atoms with E-state index in [1.165, 1.54) is 6.92 Å². The molecule has 11 nitrogen and oxygen atoms in total. The predicted octanol–water partition coefficient (Wildman–Crippen LogP) is 5.37. The molecular weight excluding hydrogens is 672 g/mol. The van der Waals surface area contributed by atoms with E-state index in [0.717, 1.165) is 55.5 Å². The van der Waals surface area contributed by atoms with E-state index in [4.69, 9.17) is 0 Å². The number of fused-ring (bicyclic) bond motifs is 3. The minimum atomic E-state index is -0.649. The van der Waals surface area contributed by atoms with Gasteiger partial charge in [-0.05, 0) is 104 Å². The summed E-state index contributed by atoms with van der Waals surface area (Å²) in [6, 6.07) is 8.86. The number of nitrogens with zero attached hydrogens (tertiary/aromatic N) is 7. The number of amides is 2. The molecule has 1 saturated heterocycles. The lowest BCUT2D eigenvalue weighted by Gasteiger charge is -2.27. The fourth-order valence-corrected chi connectivity index (χ4v) is 7.77. The number of nitrogens with one attached hydrogen (secondary N) is 1. The predicted molar refractivity (Wildman–Crippen MR) is 186 cm³/mol. The van der Waals surface area contributed by atoms with Crippen LogP contribution in [0.2, 0.25) is 0 Å². The number of piperidine rings is 1. The number of allylic oxidation sites excluding steroid dienone is 2. The van der Waals surface area contributed by atoms with Crippen molar-refractivity contribution in [2.24, 2.45) is 5.41 Å². The normalized spacial score (nSPS) is 23.8. The molecule has 5 heterocycles. The molecule has 7 rings (SSSR count). The van der Waals surface area contributed by atoms with Gasteiger partial charge < -0.3 is 15.1 Å².